The van der Waals surface area contributed by atoms with Crippen LogP contribution in [0.4, 0.5) is 11.4 Å². The number of benzene rings is 2. The molecule has 2 heterocycles. The number of hydrogen-bond acceptors (Lipinski definition) is 5. The maximum Gasteiger partial charge on any atom is 0.261 e. The Balaban J connectivity index is 1.57. The van der Waals surface area contributed by atoms with Crippen LogP contribution >= 0.6 is 0 Å². The third-order valence-electron chi connectivity index (χ3n) is 5.32. The molecule has 7 nitrogen and oxygen atoms in total. The number of carbonyl (C=O) groups excluding carboxylic acids is 1. The van der Waals surface area contributed by atoms with Crippen LogP contribution in [0, 0.1) is 6.92 Å². The number of fused-ring (bicyclic) bond motifs is 1. The van der Waals surface area contributed by atoms with Gasteiger partial charge in [0.15, 0.2) is 0 Å². The monoisotopic (exact) mass is 451 g/mol. The molecule has 0 saturated carbocycles. The molecule has 8 heteroatoms. The average molecular weight is 452 g/mol. The maximum atomic E-state index is 13.0. The minimum atomic E-state index is -3.80. The zero-order valence-corrected chi connectivity index (χ0v) is 18.9. The lowest BCUT2D eigenvalue weighted by Crippen LogP contribution is -2.28. The molecule has 0 radical (unpaired) electrons. The largest absolute Gasteiger partial charge is 0.493 e. The fourth-order valence-corrected chi connectivity index (χ4v) is 4.82. The summed E-state index contributed by atoms with van der Waals surface area (Å²) in [5, 5.41) is 0. The predicted molar refractivity (Wildman–Crippen MR) is 124 cm³/mol. The molecular formula is C24H25N3O4S. The molecule has 0 saturated heterocycles. The molecule has 2 aromatic carbocycles. The van der Waals surface area contributed by atoms with Gasteiger partial charge in [-0.1, -0.05) is 13.0 Å². The van der Waals surface area contributed by atoms with Gasteiger partial charge in [0.05, 0.1) is 17.2 Å². The van der Waals surface area contributed by atoms with E-state index in [9.17, 15) is 13.2 Å². The van der Waals surface area contributed by atoms with E-state index in [0.717, 1.165) is 24.0 Å². The van der Waals surface area contributed by atoms with Crippen LogP contribution in [-0.4, -0.2) is 32.5 Å². The normalized spacial score (nSPS) is 13.0. The maximum absolute atomic E-state index is 13.0. The Kier molecular flexibility index (Phi) is 6.14. The number of anilines is 2. The van der Waals surface area contributed by atoms with E-state index in [2.05, 4.69) is 9.71 Å². The van der Waals surface area contributed by atoms with Crippen LogP contribution in [0.3, 0.4) is 0 Å². The molecule has 1 amide bonds. The summed E-state index contributed by atoms with van der Waals surface area (Å²) >= 11 is 0. The van der Waals surface area contributed by atoms with E-state index in [4.69, 9.17) is 4.74 Å². The second-order valence-corrected chi connectivity index (χ2v) is 9.35. The van der Waals surface area contributed by atoms with E-state index < -0.39 is 10.0 Å². The van der Waals surface area contributed by atoms with E-state index >= 15 is 0 Å². The van der Waals surface area contributed by atoms with Gasteiger partial charge in [-0.3, -0.25) is 14.5 Å². The summed E-state index contributed by atoms with van der Waals surface area (Å²) < 4.78 is 34.2. The minimum Gasteiger partial charge on any atom is -0.493 e. The van der Waals surface area contributed by atoms with Gasteiger partial charge in [0.2, 0.25) is 0 Å². The Hall–Kier alpha value is -3.39. The molecule has 32 heavy (non-hydrogen) atoms. The number of amides is 1. The summed E-state index contributed by atoms with van der Waals surface area (Å²) in [6.07, 6.45) is 4.75. The number of nitrogens with one attached hydrogen (secondary N) is 1. The summed E-state index contributed by atoms with van der Waals surface area (Å²) in [4.78, 5) is 18.7. The number of nitrogens with zero attached hydrogens (tertiary/aromatic N) is 2. The molecule has 0 bridgehead atoms. The number of rotatable bonds is 7. The number of ether oxygens (including phenoxy) is 1. The van der Waals surface area contributed by atoms with Gasteiger partial charge in [0, 0.05) is 30.2 Å². The van der Waals surface area contributed by atoms with Crippen LogP contribution < -0.4 is 14.4 Å². The number of aryl methyl sites for hydroxylation is 1. The van der Waals surface area contributed by atoms with Crippen molar-refractivity contribution in [3.05, 3.63) is 77.6 Å². The van der Waals surface area contributed by atoms with Crippen LogP contribution in [0.15, 0.2) is 65.8 Å². The lowest BCUT2D eigenvalue weighted by molar-refractivity contribution is 0.0989. The lowest BCUT2D eigenvalue weighted by atomic mass is 10.1. The molecule has 0 fully saturated rings. The molecule has 1 aliphatic heterocycles. The van der Waals surface area contributed by atoms with Crippen molar-refractivity contribution in [3.63, 3.8) is 0 Å². The van der Waals surface area contributed by atoms with E-state index in [1.807, 2.05) is 19.9 Å². The molecule has 1 aromatic heterocycles. The first kappa shape index (κ1) is 21.8. The van der Waals surface area contributed by atoms with Crippen molar-refractivity contribution in [2.24, 2.45) is 0 Å². The topological polar surface area (TPSA) is 88.6 Å². The average Bonchev–Trinajstić information content (AvgIpc) is 3.21. The summed E-state index contributed by atoms with van der Waals surface area (Å²) in [6.45, 7) is 4.96. The number of aromatic nitrogens is 1. The first-order valence-electron chi connectivity index (χ1n) is 10.5. The lowest BCUT2D eigenvalue weighted by Gasteiger charge is -2.18. The third kappa shape index (κ3) is 4.45. The number of sulfonamides is 1. The molecule has 1 aliphatic rings. The Morgan fingerprint density at radius 2 is 1.91 bits per heavy atom. The third-order valence-corrected chi connectivity index (χ3v) is 6.70. The predicted octanol–water partition coefficient (Wildman–Crippen LogP) is 4.18. The summed E-state index contributed by atoms with van der Waals surface area (Å²) in [7, 11) is -3.80. The highest BCUT2D eigenvalue weighted by atomic mass is 32.2. The van der Waals surface area contributed by atoms with Crippen molar-refractivity contribution in [2.75, 3.05) is 22.8 Å². The van der Waals surface area contributed by atoms with Gasteiger partial charge in [-0.25, -0.2) is 8.42 Å². The van der Waals surface area contributed by atoms with E-state index in [0.29, 0.717) is 35.8 Å². The van der Waals surface area contributed by atoms with Gasteiger partial charge in [-0.2, -0.15) is 0 Å². The molecular weight excluding hydrogens is 426 g/mol. The molecule has 166 valence electrons. The minimum absolute atomic E-state index is 0.135. The van der Waals surface area contributed by atoms with Crippen LogP contribution in [0.1, 0.15) is 34.8 Å². The van der Waals surface area contributed by atoms with Crippen LogP contribution in [0.2, 0.25) is 0 Å². The van der Waals surface area contributed by atoms with Crippen molar-refractivity contribution in [1.82, 2.24) is 4.98 Å². The fraction of sp³-hybridized carbons (Fsp3) is 0.250. The quantitative estimate of drug-likeness (QED) is 0.582. The van der Waals surface area contributed by atoms with Crippen molar-refractivity contribution >= 4 is 27.3 Å². The van der Waals surface area contributed by atoms with Gasteiger partial charge in [-0.15, -0.1) is 0 Å². The van der Waals surface area contributed by atoms with Crippen molar-refractivity contribution < 1.29 is 17.9 Å². The first-order chi connectivity index (χ1) is 15.4. The summed E-state index contributed by atoms with van der Waals surface area (Å²) in [5.41, 5.74) is 3.42. The fourth-order valence-electron chi connectivity index (χ4n) is 3.68. The highest BCUT2D eigenvalue weighted by molar-refractivity contribution is 7.92. The van der Waals surface area contributed by atoms with Gasteiger partial charge >= 0.3 is 0 Å². The summed E-state index contributed by atoms with van der Waals surface area (Å²) in [5.74, 6) is 0.540. The van der Waals surface area contributed by atoms with E-state index in [1.54, 1.807) is 53.7 Å². The smallest absolute Gasteiger partial charge is 0.261 e. The van der Waals surface area contributed by atoms with E-state index in [-0.39, 0.29) is 10.8 Å². The molecule has 1 N–H and O–H groups in total. The molecule has 3 aromatic rings. The number of hydrogen-bond donors (Lipinski definition) is 1. The molecule has 0 unspecified atom stereocenters. The van der Waals surface area contributed by atoms with Gasteiger partial charge < -0.3 is 9.64 Å². The zero-order chi connectivity index (χ0) is 22.7. The number of carbonyl (C=O) groups is 1. The highest BCUT2D eigenvalue weighted by Gasteiger charge is 2.26. The Morgan fingerprint density at radius 3 is 2.62 bits per heavy atom. The van der Waals surface area contributed by atoms with Crippen molar-refractivity contribution in [1.29, 1.82) is 0 Å². The van der Waals surface area contributed by atoms with Crippen LogP contribution in [0.25, 0.3) is 0 Å². The first-order valence-corrected chi connectivity index (χ1v) is 12.0. The second kappa shape index (κ2) is 9.00. The van der Waals surface area contributed by atoms with Crippen LogP contribution in [-0.2, 0) is 16.4 Å². The van der Waals surface area contributed by atoms with Crippen molar-refractivity contribution in [3.8, 4) is 5.75 Å². The summed E-state index contributed by atoms with van der Waals surface area (Å²) in [6, 6.07) is 13.4. The Bertz CT molecular complexity index is 1240. The Labute approximate surface area is 188 Å². The highest BCUT2D eigenvalue weighted by Crippen LogP contribution is 2.33. The molecule has 4 rings (SSSR count). The van der Waals surface area contributed by atoms with Gasteiger partial charge in [0.25, 0.3) is 15.9 Å². The second-order valence-electron chi connectivity index (χ2n) is 7.67. The SMILES string of the molecule is CCCOc1ccc(S(=O)(=O)Nc2ccc3c(c2)N(C(=O)c2ccncc2)CC3)cc1C. The van der Waals surface area contributed by atoms with Crippen LogP contribution in [0.5, 0.6) is 5.75 Å². The molecule has 0 spiro atoms. The van der Waals surface area contributed by atoms with Gasteiger partial charge in [-0.05, 0) is 73.4 Å². The molecule has 0 atom stereocenters. The Morgan fingerprint density at radius 1 is 1.12 bits per heavy atom. The number of pyridine rings is 1. The van der Waals surface area contributed by atoms with E-state index in [1.165, 1.54) is 6.07 Å². The molecule has 0 aliphatic carbocycles. The standard InChI is InChI=1S/C24H25N3O4S/c1-3-14-31-23-7-6-21(15-17(23)2)32(29,30)26-20-5-4-18-10-13-27(22(18)16-20)24(28)19-8-11-25-12-9-19/h4-9,11-12,15-16,26H,3,10,13-14H2,1-2H3. The zero-order valence-electron chi connectivity index (χ0n) is 18.0. The van der Waals surface area contributed by atoms with Crippen molar-refractivity contribution in [2.45, 2.75) is 31.6 Å². The van der Waals surface area contributed by atoms with Gasteiger partial charge in [0.1, 0.15) is 5.75 Å².